The van der Waals surface area contributed by atoms with Crippen LogP contribution in [0.2, 0.25) is 0 Å². The summed E-state index contributed by atoms with van der Waals surface area (Å²) in [6.07, 6.45) is -2.95. The molecule has 20 heavy (non-hydrogen) atoms. The van der Waals surface area contributed by atoms with Crippen LogP contribution in [0.4, 0.5) is 5.69 Å². The SMILES string of the molecule is O=C1CCC23OC(O)C(O)C2C(O)c2ccccc2N13. The molecule has 3 heterocycles. The topological polar surface area (TPSA) is 90.2 Å². The molecule has 2 saturated heterocycles. The van der Waals surface area contributed by atoms with Gasteiger partial charge in [-0.25, -0.2) is 0 Å². The number of hydrogen-bond acceptors (Lipinski definition) is 5. The highest BCUT2D eigenvalue weighted by molar-refractivity contribution is 5.98. The quantitative estimate of drug-likeness (QED) is 0.615. The van der Waals surface area contributed by atoms with Gasteiger partial charge in [-0.1, -0.05) is 18.2 Å². The van der Waals surface area contributed by atoms with Crippen molar-refractivity contribution in [3.05, 3.63) is 29.8 Å². The van der Waals surface area contributed by atoms with E-state index in [-0.39, 0.29) is 12.3 Å². The van der Waals surface area contributed by atoms with Gasteiger partial charge in [-0.2, -0.15) is 0 Å². The molecule has 1 aromatic carbocycles. The first-order valence-corrected chi connectivity index (χ1v) is 6.70. The van der Waals surface area contributed by atoms with Crippen molar-refractivity contribution in [1.29, 1.82) is 0 Å². The van der Waals surface area contributed by atoms with E-state index in [1.807, 2.05) is 0 Å². The molecule has 1 spiro atoms. The van der Waals surface area contributed by atoms with Crippen molar-refractivity contribution in [1.82, 2.24) is 0 Å². The molecule has 0 aliphatic carbocycles. The van der Waals surface area contributed by atoms with Crippen molar-refractivity contribution >= 4 is 11.6 Å². The molecule has 0 saturated carbocycles. The summed E-state index contributed by atoms with van der Waals surface area (Å²) < 4.78 is 5.54. The van der Waals surface area contributed by atoms with E-state index in [1.54, 1.807) is 24.3 Å². The number of anilines is 1. The van der Waals surface area contributed by atoms with Crippen LogP contribution in [0.5, 0.6) is 0 Å². The van der Waals surface area contributed by atoms with Crippen molar-refractivity contribution < 1.29 is 24.9 Å². The predicted octanol–water partition coefficient (Wildman–Crippen LogP) is -0.118. The van der Waals surface area contributed by atoms with Crippen LogP contribution in [-0.2, 0) is 9.53 Å². The summed E-state index contributed by atoms with van der Waals surface area (Å²) in [5.74, 6) is -0.852. The lowest BCUT2D eigenvalue weighted by molar-refractivity contribution is -0.160. The molecule has 3 N–H and O–H groups in total. The van der Waals surface area contributed by atoms with Crippen molar-refractivity contribution in [3.8, 4) is 0 Å². The Morgan fingerprint density at radius 2 is 2.00 bits per heavy atom. The number of rotatable bonds is 0. The molecule has 5 unspecified atom stereocenters. The Hall–Kier alpha value is -1.47. The van der Waals surface area contributed by atoms with E-state index in [2.05, 4.69) is 0 Å². The maximum atomic E-state index is 12.2. The number of carbonyl (C=O) groups excluding carboxylic acids is 1. The molecule has 3 aliphatic rings. The summed E-state index contributed by atoms with van der Waals surface area (Å²) in [6, 6.07) is 7.04. The zero-order chi connectivity index (χ0) is 14.1. The summed E-state index contributed by atoms with van der Waals surface area (Å²) >= 11 is 0. The van der Waals surface area contributed by atoms with Crippen molar-refractivity contribution in [2.75, 3.05) is 4.90 Å². The first kappa shape index (κ1) is 12.3. The number of para-hydroxylation sites is 1. The van der Waals surface area contributed by atoms with Gasteiger partial charge in [0.2, 0.25) is 5.91 Å². The molecule has 2 fully saturated rings. The fraction of sp³-hybridized carbons (Fsp3) is 0.500. The Morgan fingerprint density at radius 1 is 1.25 bits per heavy atom. The maximum Gasteiger partial charge on any atom is 0.229 e. The van der Waals surface area contributed by atoms with Crippen LogP contribution in [0, 0.1) is 5.92 Å². The zero-order valence-electron chi connectivity index (χ0n) is 10.6. The van der Waals surface area contributed by atoms with Crippen LogP contribution >= 0.6 is 0 Å². The van der Waals surface area contributed by atoms with Crippen LogP contribution in [0.25, 0.3) is 0 Å². The Balaban J connectivity index is 1.96. The molecule has 3 aliphatic heterocycles. The second-order valence-corrected chi connectivity index (χ2v) is 5.60. The van der Waals surface area contributed by atoms with E-state index in [9.17, 15) is 20.1 Å². The highest BCUT2D eigenvalue weighted by Crippen LogP contribution is 2.57. The van der Waals surface area contributed by atoms with Gasteiger partial charge >= 0.3 is 0 Å². The van der Waals surface area contributed by atoms with Gasteiger partial charge < -0.3 is 20.1 Å². The number of aliphatic hydroxyl groups excluding tert-OH is 3. The number of nitrogens with zero attached hydrogens (tertiary/aromatic N) is 1. The Bertz CT molecular complexity index is 591. The number of aliphatic hydroxyl groups is 3. The van der Waals surface area contributed by atoms with Gasteiger partial charge in [-0.05, 0) is 6.07 Å². The summed E-state index contributed by atoms with van der Waals surface area (Å²) in [7, 11) is 0. The molecule has 0 radical (unpaired) electrons. The number of hydrogen-bond donors (Lipinski definition) is 3. The molecule has 0 aromatic heterocycles. The second-order valence-electron chi connectivity index (χ2n) is 5.60. The number of ether oxygens (including phenoxy) is 1. The van der Waals surface area contributed by atoms with Crippen LogP contribution in [-0.4, -0.2) is 39.3 Å². The molecule has 1 aromatic rings. The first-order valence-electron chi connectivity index (χ1n) is 6.70. The van der Waals surface area contributed by atoms with Gasteiger partial charge in [0.1, 0.15) is 6.10 Å². The molecule has 6 nitrogen and oxygen atoms in total. The standard InChI is InChI=1S/C14H15NO5/c16-9-5-6-14-10(12(18)13(19)20-14)11(17)7-3-1-2-4-8(7)15(9)14/h1-4,10-13,17-19H,5-6H2. The average molecular weight is 277 g/mol. The van der Waals surface area contributed by atoms with Crippen molar-refractivity contribution in [2.24, 2.45) is 5.92 Å². The number of fused-ring (bicyclic) bond motifs is 2. The fourth-order valence-corrected chi connectivity index (χ4v) is 3.86. The van der Waals surface area contributed by atoms with Gasteiger partial charge in [0.25, 0.3) is 0 Å². The van der Waals surface area contributed by atoms with E-state index in [0.29, 0.717) is 17.7 Å². The van der Waals surface area contributed by atoms with Gasteiger partial charge in [0, 0.05) is 18.4 Å². The van der Waals surface area contributed by atoms with E-state index in [0.717, 1.165) is 0 Å². The third-order valence-corrected chi connectivity index (χ3v) is 4.67. The lowest BCUT2D eigenvalue weighted by Gasteiger charge is -2.46. The van der Waals surface area contributed by atoms with E-state index in [4.69, 9.17) is 4.74 Å². The molecular formula is C14H15NO5. The molecule has 0 bridgehead atoms. The van der Waals surface area contributed by atoms with Crippen LogP contribution in [0.15, 0.2) is 24.3 Å². The van der Waals surface area contributed by atoms with Crippen LogP contribution < -0.4 is 4.90 Å². The molecule has 1 amide bonds. The molecule has 106 valence electrons. The van der Waals surface area contributed by atoms with E-state index in [1.165, 1.54) is 4.90 Å². The number of benzene rings is 1. The minimum atomic E-state index is -1.39. The summed E-state index contributed by atoms with van der Waals surface area (Å²) in [5, 5.41) is 30.5. The molecular weight excluding hydrogens is 262 g/mol. The lowest BCUT2D eigenvalue weighted by atomic mass is 9.78. The van der Waals surface area contributed by atoms with E-state index < -0.39 is 30.1 Å². The second kappa shape index (κ2) is 3.79. The maximum absolute atomic E-state index is 12.2. The average Bonchev–Trinajstić information content (AvgIpc) is 2.89. The lowest BCUT2D eigenvalue weighted by Crippen LogP contribution is -2.56. The number of carbonyl (C=O) groups is 1. The van der Waals surface area contributed by atoms with Gasteiger partial charge in [-0.3, -0.25) is 9.69 Å². The van der Waals surface area contributed by atoms with Gasteiger partial charge in [-0.15, -0.1) is 0 Å². The Kier molecular flexibility index (Phi) is 2.33. The highest BCUT2D eigenvalue weighted by Gasteiger charge is 2.66. The third-order valence-electron chi connectivity index (χ3n) is 4.67. The molecule has 4 rings (SSSR count). The Morgan fingerprint density at radius 3 is 2.80 bits per heavy atom. The Labute approximate surface area is 115 Å². The monoisotopic (exact) mass is 277 g/mol. The first-order chi connectivity index (χ1) is 9.56. The molecule has 6 heteroatoms. The predicted molar refractivity (Wildman–Crippen MR) is 67.4 cm³/mol. The van der Waals surface area contributed by atoms with Gasteiger partial charge in [0.15, 0.2) is 12.0 Å². The zero-order valence-corrected chi connectivity index (χ0v) is 10.6. The normalized spacial score (nSPS) is 42.4. The fourth-order valence-electron chi connectivity index (χ4n) is 3.86. The van der Waals surface area contributed by atoms with Crippen LogP contribution in [0.3, 0.4) is 0 Å². The summed E-state index contributed by atoms with van der Waals surface area (Å²) in [6.45, 7) is 0. The third kappa shape index (κ3) is 1.25. The highest BCUT2D eigenvalue weighted by atomic mass is 16.7. The van der Waals surface area contributed by atoms with Crippen molar-refractivity contribution in [2.45, 2.75) is 37.1 Å². The van der Waals surface area contributed by atoms with E-state index >= 15 is 0 Å². The summed E-state index contributed by atoms with van der Waals surface area (Å²) in [4.78, 5) is 13.7. The largest absolute Gasteiger partial charge is 0.388 e. The minimum absolute atomic E-state index is 0.115. The summed E-state index contributed by atoms with van der Waals surface area (Å²) in [5.41, 5.74) is 0.0455. The molecule has 5 atom stereocenters. The smallest absolute Gasteiger partial charge is 0.229 e. The van der Waals surface area contributed by atoms with Gasteiger partial charge in [0.05, 0.1) is 17.7 Å². The van der Waals surface area contributed by atoms with Crippen molar-refractivity contribution in [3.63, 3.8) is 0 Å². The minimum Gasteiger partial charge on any atom is -0.388 e. The van der Waals surface area contributed by atoms with Crippen LogP contribution in [0.1, 0.15) is 24.5 Å². The number of amides is 1.